The molecule has 0 fully saturated rings. The summed E-state index contributed by atoms with van der Waals surface area (Å²) >= 11 is 0. The number of rotatable bonds is 5. The number of hydrogen-bond donors (Lipinski definition) is 2. The summed E-state index contributed by atoms with van der Waals surface area (Å²) in [7, 11) is 0. The molecule has 74 valence electrons. The van der Waals surface area contributed by atoms with Crippen LogP contribution in [-0.4, -0.2) is 41.6 Å². The van der Waals surface area contributed by atoms with Crippen LogP contribution < -0.4 is 5.73 Å². The van der Waals surface area contributed by atoms with Crippen molar-refractivity contribution < 1.29 is 9.90 Å². The van der Waals surface area contributed by atoms with Gasteiger partial charge >= 0.3 is 5.97 Å². The van der Waals surface area contributed by atoms with E-state index in [1.807, 2.05) is 4.90 Å². The average molecular weight is 185 g/mol. The highest BCUT2D eigenvalue weighted by molar-refractivity contribution is 5.79. The van der Waals surface area contributed by atoms with Crippen molar-refractivity contribution in [1.82, 2.24) is 4.90 Å². The summed E-state index contributed by atoms with van der Waals surface area (Å²) in [6, 6.07) is 0. The van der Waals surface area contributed by atoms with Crippen LogP contribution in [0, 0.1) is 0 Å². The van der Waals surface area contributed by atoms with Gasteiger partial charge in [0.05, 0.1) is 6.54 Å². The van der Waals surface area contributed by atoms with Crippen LogP contribution in [-0.2, 0) is 4.79 Å². The lowest BCUT2D eigenvalue weighted by atomic mass is 10.2. The van der Waals surface area contributed by atoms with Gasteiger partial charge in [-0.15, -0.1) is 0 Å². The molecule has 5 heteroatoms. The van der Waals surface area contributed by atoms with Gasteiger partial charge in [-0.3, -0.25) is 9.79 Å². The summed E-state index contributed by atoms with van der Waals surface area (Å²) in [6.07, 6.45) is 1.81. The maximum absolute atomic E-state index is 10.2. The molecule has 0 amide bonds. The maximum atomic E-state index is 10.2. The van der Waals surface area contributed by atoms with E-state index in [1.165, 1.54) is 0 Å². The molecule has 0 bridgehead atoms. The monoisotopic (exact) mass is 185 g/mol. The van der Waals surface area contributed by atoms with Gasteiger partial charge in [-0.2, -0.15) is 0 Å². The second kappa shape index (κ2) is 4.69. The number of carboxylic acids is 1. The van der Waals surface area contributed by atoms with Gasteiger partial charge < -0.3 is 15.7 Å². The van der Waals surface area contributed by atoms with Crippen molar-refractivity contribution in [2.75, 3.05) is 19.6 Å². The zero-order chi connectivity index (χ0) is 9.68. The van der Waals surface area contributed by atoms with E-state index in [0.717, 1.165) is 26.1 Å². The van der Waals surface area contributed by atoms with Crippen molar-refractivity contribution in [3.05, 3.63) is 0 Å². The Hall–Kier alpha value is -1.26. The molecule has 13 heavy (non-hydrogen) atoms. The van der Waals surface area contributed by atoms with Gasteiger partial charge in [-0.25, -0.2) is 0 Å². The summed E-state index contributed by atoms with van der Waals surface area (Å²) < 4.78 is 0. The molecule has 3 N–H and O–H groups in total. The van der Waals surface area contributed by atoms with E-state index >= 15 is 0 Å². The first-order valence-electron chi connectivity index (χ1n) is 4.47. The van der Waals surface area contributed by atoms with Crippen LogP contribution in [0.3, 0.4) is 0 Å². The SMILES string of the molecule is NC1=NCCN1CCCCC(=O)O. The summed E-state index contributed by atoms with van der Waals surface area (Å²) in [6.45, 7) is 2.46. The fourth-order valence-corrected chi connectivity index (χ4v) is 1.31. The maximum Gasteiger partial charge on any atom is 0.303 e. The van der Waals surface area contributed by atoms with Crippen molar-refractivity contribution >= 4 is 11.9 Å². The molecule has 0 aromatic carbocycles. The van der Waals surface area contributed by atoms with Crippen LogP contribution in [0.1, 0.15) is 19.3 Å². The minimum atomic E-state index is -0.733. The summed E-state index contributed by atoms with van der Waals surface area (Å²) in [4.78, 5) is 16.2. The molecule has 0 spiro atoms. The number of hydrogen-bond acceptors (Lipinski definition) is 4. The second-order valence-electron chi connectivity index (χ2n) is 3.08. The third-order valence-corrected chi connectivity index (χ3v) is 2.04. The van der Waals surface area contributed by atoms with Gasteiger partial charge in [-0.1, -0.05) is 0 Å². The first kappa shape index (κ1) is 9.83. The topological polar surface area (TPSA) is 78.9 Å². The van der Waals surface area contributed by atoms with E-state index in [0.29, 0.717) is 12.4 Å². The summed E-state index contributed by atoms with van der Waals surface area (Å²) in [5.41, 5.74) is 5.58. The number of nitrogens with zero attached hydrogens (tertiary/aromatic N) is 2. The lowest BCUT2D eigenvalue weighted by molar-refractivity contribution is -0.137. The molecule has 0 saturated carbocycles. The number of carbonyl (C=O) groups is 1. The number of aliphatic carboxylic acids is 1. The Balaban J connectivity index is 2.06. The standard InChI is InChI=1S/C8H15N3O2/c9-8-10-4-6-11(8)5-2-1-3-7(12)13/h1-6H2,(H2,9,10)(H,12,13). The van der Waals surface area contributed by atoms with E-state index in [4.69, 9.17) is 10.8 Å². The van der Waals surface area contributed by atoms with Crippen molar-refractivity contribution in [2.45, 2.75) is 19.3 Å². The third-order valence-electron chi connectivity index (χ3n) is 2.04. The number of unbranched alkanes of at least 4 members (excludes halogenated alkanes) is 1. The smallest absolute Gasteiger partial charge is 0.303 e. The molecule has 0 aliphatic carbocycles. The Kier molecular flexibility index (Phi) is 3.54. The Labute approximate surface area is 77.2 Å². The number of nitrogens with two attached hydrogens (primary N) is 1. The van der Waals surface area contributed by atoms with E-state index < -0.39 is 5.97 Å². The predicted molar refractivity (Wildman–Crippen MR) is 49.5 cm³/mol. The molecule has 5 nitrogen and oxygen atoms in total. The Morgan fingerprint density at radius 1 is 1.62 bits per heavy atom. The fraction of sp³-hybridized carbons (Fsp3) is 0.750. The van der Waals surface area contributed by atoms with Crippen LogP contribution in [0.25, 0.3) is 0 Å². The van der Waals surface area contributed by atoms with Gasteiger partial charge in [0, 0.05) is 19.5 Å². The molecular weight excluding hydrogens is 170 g/mol. The highest BCUT2D eigenvalue weighted by Gasteiger charge is 2.12. The van der Waals surface area contributed by atoms with Crippen LogP contribution in [0.15, 0.2) is 4.99 Å². The van der Waals surface area contributed by atoms with Crippen LogP contribution in [0.5, 0.6) is 0 Å². The molecule has 0 atom stereocenters. The summed E-state index contributed by atoms with van der Waals surface area (Å²) in [5.74, 6) is -0.140. The van der Waals surface area contributed by atoms with Crippen LogP contribution in [0.2, 0.25) is 0 Å². The van der Waals surface area contributed by atoms with Crippen LogP contribution >= 0.6 is 0 Å². The molecule has 1 heterocycles. The molecule has 0 aromatic rings. The normalized spacial score (nSPS) is 16.0. The van der Waals surface area contributed by atoms with Gasteiger partial charge in [0.15, 0.2) is 5.96 Å². The zero-order valence-electron chi connectivity index (χ0n) is 7.57. The number of carboxylic acid groups (broad SMARTS) is 1. The van der Waals surface area contributed by atoms with Crippen LogP contribution in [0.4, 0.5) is 0 Å². The molecule has 1 aliphatic rings. The highest BCUT2D eigenvalue weighted by Crippen LogP contribution is 2.02. The van der Waals surface area contributed by atoms with Gasteiger partial charge in [-0.05, 0) is 12.8 Å². The summed E-state index contributed by atoms with van der Waals surface area (Å²) in [5, 5.41) is 8.40. The number of aliphatic imine (C=N–C) groups is 1. The number of guanidine groups is 1. The molecule has 1 rings (SSSR count). The third kappa shape index (κ3) is 3.31. The molecule has 0 unspecified atom stereocenters. The lowest BCUT2D eigenvalue weighted by Gasteiger charge is -2.16. The zero-order valence-corrected chi connectivity index (χ0v) is 7.57. The van der Waals surface area contributed by atoms with Crippen molar-refractivity contribution in [3.63, 3.8) is 0 Å². The van der Waals surface area contributed by atoms with Gasteiger partial charge in [0.2, 0.25) is 0 Å². The molecule has 1 aliphatic heterocycles. The van der Waals surface area contributed by atoms with Crippen molar-refractivity contribution in [2.24, 2.45) is 10.7 Å². The Morgan fingerprint density at radius 3 is 2.92 bits per heavy atom. The van der Waals surface area contributed by atoms with E-state index in [1.54, 1.807) is 0 Å². The van der Waals surface area contributed by atoms with E-state index in [2.05, 4.69) is 4.99 Å². The lowest BCUT2D eigenvalue weighted by Crippen LogP contribution is -2.34. The van der Waals surface area contributed by atoms with Gasteiger partial charge in [0.25, 0.3) is 0 Å². The second-order valence-corrected chi connectivity index (χ2v) is 3.08. The molecule has 0 aromatic heterocycles. The van der Waals surface area contributed by atoms with Gasteiger partial charge in [0.1, 0.15) is 0 Å². The largest absolute Gasteiger partial charge is 0.481 e. The highest BCUT2D eigenvalue weighted by atomic mass is 16.4. The quantitative estimate of drug-likeness (QED) is 0.585. The fourth-order valence-electron chi connectivity index (χ4n) is 1.31. The Morgan fingerprint density at radius 2 is 2.38 bits per heavy atom. The van der Waals surface area contributed by atoms with Crippen molar-refractivity contribution in [3.8, 4) is 0 Å². The Bertz CT molecular complexity index is 215. The first-order chi connectivity index (χ1) is 6.20. The molecule has 0 radical (unpaired) electrons. The first-order valence-corrected chi connectivity index (χ1v) is 4.47. The average Bonchev–Trinajstić information content (AvgIpc) is 2.45. The van der Waals surface area contributed by atoms with Crippen molar-refractivity contribution in [1.29, 1.82) is 0 Å². The minimum Gasteiger partial charge on any atom is -0.481 e. The van der Waals surface area contributed by atoms with E-state index in [-0.39, 0.29) is 6.42 Å². The van der Waals surface area contributed by atoms with E-state index in [9.17, 15) is 4.79 Å². The predicted octanol–water partition coefficient (Wildman–Crippen LogP) is -0.128. The minimum absolute atomic E-state index is 0.241. The molecule has 0 saturated heterocycles. The molecular formula is C8H15N3O2.